The second kappa shape index (κ2) is 6.05. The minimum atomic E-state index is -4.54. The lowest BCUT2D eigenvalue weighted by atomic mass is 9.98. The smallest absolute Gasteiger partial charge is 0.417 e. The monoisotopic (exact) mass is 343 g/mol. The van der Waals surface area contributed by atoms with Gasteiger partial charge in [0.25, 0.3) is 0 Å². The third-order valence-electron chi connectivity index (χ3n) is 3.51. The molecule has 0 saturated heterocycles. The Bertz CT molecular complexity index is 733. The highest BCUT2D eigenvalue weighted by Gasteiger charge is 2.35. The number of nitrogens with two attached hydrogens (primary N) is 1. The molecule has 7 heteroatoms. The summed E-state index contributed by atoms with van der Waals surface area (Å²) in [5, 5.41) is 0. The molecule has 3 rings (SSSR count). The molecule has 23 heavy (non-hydrogen) atoms. The van der Waals surface area contributed by atoms with Crippen molar-refractivity contribution in [3.8, 4) is 16.9 Å². The van der Waals surface area contributed by atoms with E-state index >= 15 is 0 Å². The number of hydrogen-bond donors (Lipinski definition) is 1. The van der Waals surface area contributed by atoms with E-state index in [1.807, 2.05) is 0 Å². The summed E-state index contributed by atoms with van der Waals surface area (Å²) in [5.74, 6) is 0.195. The summed E-state index contributed by atoms with van der Waals surface area (Å²) in [6.07, 6.45) is -4.85. The van der Waals surface area contributed by atoms with E-state index < -0.39 is 17.6 Å². The van der Waals surface area contributed by atoms with Gasteiger partial charge in [-0.3, -0.25) is 0 Å². The fourth-order valence-corrected chi connectivity index (χ4v) is 3.52. The third kappa shape index (κ3) is 3.16. The Kier molecular flexibility index (Phi) is 4.25. The molecule has 2 aromatic carbocycles. The molecular weight excluding hydrogens is 330 g/mol. The molecule has 0 bridgehead atoms. The van der Waals surface area contributed by atoms with E-state index in [4.69, 9.17) is 10.5 Å². The van der Waals surface area contributed by atoms with E-state index in [1.54, 1.807) is 0 Å². The van der Waals surface area contributed by atoms with Crippen LogP contribution in [0, 0.1) is 5.82 Å². The van der Waals surface area contributed by atoms with Crippen LogP contribution >= 0.6 is 11.8 Å². The van der Waals surface area contributed by atoms with E-state index in [9.17, 15) is 17.6 Å². The Balaban J connectivity index is 2.20. The van der Waals surface area contributed by atoms with Gasteiger partial charge in [0.2, 0.25) is 0 Å². The number of ether oxygens (including phenoxy) is 1. The van der Waals surface area contributed by atoms with Crippen LogP contribution < -0.4 is 10.5 Å². The standard InChI is InChI=1S/C16H13F4NOS/c17-9-5-12(11-3-1-2-4-13(11)16(18,19)20)15-14(6-9)23-8-10(7-21)22-15/h1-6,10H,7-8,21H2. The number of hydrogen-bond acceptors (Lipinski definition) is 3. The van der Waals surface area contributed by atoms with E-state index in [0.29, 0.717) is 10.6 Å². The maximum atomic E-state index is 13.9. The molecule has 2 nitrogen and oxygen atoms in total. The normalized spacial score (nSPS) is 17.5. The molecule has 0 amide bonds. The van der Waals surface area contributed by atoms with Gasteiger partial charge in [-0.05, 0) is 23.8 Å². The summed E-state index contributed by atoms with van der Waals surface area (Å²) < 4.78 is 59.3. The first-order valence-electron chi connectivity index (χ1n) is 6.90. The van der Waals surface area contributed by atoms with Gasteiger partial charge in [0.1, 0.15) is 17.7 Å². The Hall–Kier alpha value is -1.73. The summed E-state index contributed by atoms with van der Waals surface area (Å²) in [6.45, 7) is 0.240. The number of halogens is 4. The highest BCUT2D eigenvalue weighted by molar-refractivity contribution is 7.99. The maximum Gasteiger partial charge on any atom is 0.417 e. The Labute approximate surface area is 134 Å². The highest BCUT2D eigenvalue weighted by Crippen LogP contribution is 2.46. The van der Waals surface area contributed by atoms with Gasteiger partial charge in [-0.25, -0.2) is 4.39 Å². The van der Waals surface area contributed by atoms with Crippen LogP contribution in [-0.4, -0.2) is 18.4 Å². The Morgan fingerprint density at radius 1 is 1.17 bits per heavy atom. The van der Waals surface area contributed by atoms with Crippen LogP contribution in [-0.2, 0) is 6.18 Å². The topological polar surface area (TPSA) is 35.2 Å². The minimum absolute atomic E-state index is 0.0959. The molecule has 0 saturated carbocycles. The number of thioether (sulfide) groups is 1. The van der Waals surface area contributed by atoms with Crippen molar-refractivity contribution in [1.29, 1.82) is 0 Å². The van der Waals surface area contributed by atoms with Crippen LogP contribution in [0.2, 0.25) is 0 Å². The van der Waals surface area contributed by atoms with E-state index in [-0.39, 0.29) is 29.5 Å². The number of fused-ring (bicyclic) bond motifs is 1. The molecular formula is C16H13F4NOS. The van der Waals surface area contributed by atoms with Crippen molar-refractivity contribution in [3.05, 3.63) is 47.8 Å². The number of benzene rings is 2. The number of rotatable bonds is 2. The molecule has 0 aliphatic carbocycles. The fraction of sp³-hybridized carbons (Fsp3) is 0.250. The molecule has 0 aromatic heterocycles. The van der Waals surface area contributed by atoms with E-state index in [1.165, 1.54) is 36.0 Å². The van der Waals surface area contributed by atoms with Gasteiger partial charge in [0.05, 0.1) is 10.5 Å². The molecule has 1 heterocycles. The SMILES string of the molecule is NCC1CSc2cc(F)cc(-c3ccccc3C(F)(F)F)c2O1. The first-order valence-corrected chi connectivity index (χ1v) is 7.88. The lowest BCUT2D eigenvalue weighted by Gasteiger charge is -2.27. The molecule has 1 aliphatic heterocycles. The van der Waals surface area contributed by atoms with Crippen LogP contribution in [0.15, 0.2) is 41.3 Å². The summed E-state index contributed by atoms with van der Waals surface area (Å²) >= 11 is 1.33. The minimum Gasteiger partial charge on any atom is -0.486 e. The third-order valence-corrected chi connectivity index (χ3v) is 4.67. The fourth-order valence-electron chi connectivity index (χ4n) is 2.46. The molecule has 0 spiro atoms. The first-order chi connectivity index (χ1) is 10.9. The largest absolute Gasteiger partial charge is 0.486 e. The summed E-state index contributed by atoms with van der Waals surface area (Å²) in [4.78, 5) is 0.488. The van der Waals surface area contributed by atoms with Gasteiger partial charge < -0.3 is 10.5 Å². The predicted octanol–water partition coefficient (Wildman–Crippen LogP) is 4.32. The molecule has 0 radical (unpaired) electrons. The van der Waals surface area contributed by atoms with Crippen molar-refractivity contribution in [2.45, 2.75) is 17.2 Å². The van der Waals surface area contributed by atoms with Crippen LogP contribution in [0.1, 0.15) is 5.56 Å². The first kappa shape index (κ1) is 16.1. The van der Waals surface area contributed by atoms with Crippen molar-refractivity contribution < 1.29 is 22.3 Å². The second-order valence-corrected chi connectivity index (χ2v) is 6.17. The van der Waals surface area contributed by atoms with Gasteiger partial charge in [0.15, 0.2) is 0 Å². The van der Waals surface area contributed by atoms with Crippen LogP contribution in [0.3, 0.4) is 0 Å². The van der Waals surface area contributed by atoms with Crippen molar-refractivity contribution in [2.75, 3.05) is 12.3 Å². The molecule has 1 atom stereocenters. The zero-order chi connectivity index (χ0) is 16.6. The molecule has 122 valence electrons. The lowest BCUT2D eigenvalue weighted by molar-refractivity contribution is -0.137. The summed E-state index contributed by atoms with van der Waals surface area (Å²) in [7, 11) is 0. The zero-order valence-corrected chi connectivity index (χ0v) is 12.7. The Morgan fingerprint density at radius 2 is 1.91 bits per heavy atom. The van der Waals surface area contributed by atoms with Gasteiger partial charge in [-0.2, -0.15) is 13.2 Å². The van der Waals surface area contributed by atoms with Crippen molar-refractivity contribution in [2.24, 2.45) is 5.73 Å². The zero-order valence-electron chi connectivity index (χ0n) is 11.9. The summed E-state index contributed by atoms with van der Waals surface area (Å²) in [5.41, 5.74) is 4.76. The van der Waals surface area contributed by atoms with Gasteiger partial charge in [-0.15, -0.1) is 11.8 Å². The van der Waals surface area contributed by atoms with Gasteiger partial charge in [0, 0.05) is 17.9 Å². The van der Waals surface area contributed by atoms with Crippen molar-refractivity contribution in [3.63, 3.8) is 0 Å². The van der Waals surface area contributed by atoms with Gasteiger partial charge >= 0.3 is 6.18 Å². The predicted molar refractivity (Wildman–Crippen MR) is 81.0 cm³/mol. The van der Waals surface area contributed by atoms with Crippen LogP contribution in [0.4, 0.5) is 17.6 Å². The maximum absolute atomic E-state index is 13.9. The lowest BCUT2D eigenvalue weighted by Crippen LogP contribution is -2.31. The molecule has 2 N–H and O–H groups in total. The molecule has 1 aliphatic rings. The van der Waals surface area contributed by atoms with Crippen LogP contribution in [0.25, 0.3) is 11.1 Å². The van der Waals surface area contributed by atoms with E-state index in [0.717, 1.165) is 12.1 Å². The molecule has 1 unspecified atom stereocenters. The van der Waals surface area contributed by atoms with Crippen LogP contribution in [0.5, 0.6) is 5.75 Å². The van der Waals surface area contributed by atoms with E-state index in [2.05, 4.69) is 0 Å². The average Bonchev–Trinajstić information content (AvgIpc) is 2.53. The van der Waals surface area contributed by atoms with Gasteiger partial charge in [-0.1, -0.05) is 18.2 Å². The average molecular weight is 343 g/mol. The Morgan fingerprint density at radius 3 is 2.61 bits per heavy atom. The van der Waals surface area contributed by atoms with Crippen molar-refractivity contribution >= 4 is 11.8 Å². The molecule has 2 aromatic rings. The quantitative estimate of drug-likeness (QED) is 0.825. The highest BCUT2D eigenvalue weighted by atomic mass is 32.2. The van der Waals surface area contributed by atoms with Crippen molar-refractivity contribution in [1.82, 2.24) is 0 Å². The number of alkyl halides is 3. The summed E-state index contributed by atoms with van der Waals surface area (Å²) in [6, 6.07) is 7.42. The second-order valence-electron chi connectivity index (χ2n) is 5.11. The molecule has 0 fully saturated rings.